The molecule has 1 aliphatic rings. The maximum absolute atomic E-state index is 11.2. The quantitative estimate of drug-likeness (QED) is 0.779. The summed E-state index contributed by atoms with van der Waals surface area (Å²) in [5.74, 6) is -0.0377. The average molecular weight is 289 g/mol. The maximum Gasteiger partial charge on any atom is 0.221 e. The second-order valence-electron chi connectivity index (χ2n) is 6.14. The van der Waals surface area contributed by atoms with Gasteiger partial charge in [0.1, 0.15) is 0 Å². The smallest absolute Gasteiger partial charge is 0.221 e. The highest BCUT2D eigenvalue weighted by Gasteiger charge is 2.16. The van der Waals surface area contributed by atoms with Gasteiger partial charge in [-0.2, -0.15) is 0 Å². The van der Waals surface area contributed by atoms with Crippen LogP contribution in [0, 0.1) is 6.92 Å². The number of anilines is 2. The molecule has 2 atom stereocenters. The summed E-state index contributed by atoms with van der Waals surface area (Å²) in [4.78, 5) is 11.2. The summed E-state index contributed by atoms with van der Waals surface area (Å²) in [6.07, 6.45) is 5.04. The van der Waals surface area contributed by atoms with Crippen LogP contribution in [0.25, 0.3) is 0 Å². The van der Waals surface area contributed by atoms with Crippen molar-refractivity contribution in [2.75, 3.05) is 17.2 Å². The van der Waals surface area contributed by atoms with Crippen LogP contribution in [-0.2, 0) is 4.79 Å². The number of aryl methyl sites for hydroxylation is 1. The molecule has 0 aliphatic carbocycles. The van der Waals surface area contributed by atoms with Gasteiger partial charge >= 0.3 is 0 Å². The Morgan fingerprint density at radius 3 is 2.90 bits per heavy atom. The molecule has 0 aromatic heterocycles. The van der Waals surface area contributed by atoms with Gasteiger partial charge in [0.25, 0.3) is 0 Å². The van der Waals surface area contributed by atoms with E-state index >= 15 is 0 Å². The molecule has 3 N–H and O–H groups in total. The Balaban J connectivity index is 1.95. The van der Waals surface area contributed by atoms with E-state index in [0.717, 1.165) is 24.3 Å². The first-order valence-electron chi connectivity index (χ1n) is 7.93. The van der Waals surface area contributed by atoms with Crippen molar-refractivity contribution in [1.29, 1.82) is 0 Å². The van der Waals surface area contributed by atoms with Crippen molar-refractivity contribution >= 4 is 17.3 Å². The number of piperidine rings is 1. The van der Waals surface area contributed by atoms with Gasteiger partial charge in [0, 0.05) is 30.4 Å². The molecule has 116 valence electrons. The number of benzene rings is 1. The van der Waals surface area contributed by atoms with E-state index in [-0.39, 0.29) is 5.91 Å². The predicted octanol–water partition coefficient (Wildman–Crippen LogP) is 3.29. The van der Waals surface area contributed by atoms with Gasteiger partial charge in [-0.1, -0.05) is 12.5 Å². The van der Waals surface area contributed by atoms with Crippen LogP contribution in [0.4, 0.5) is 11.4 Å². The van der Waals surface area contributed by atoms with Gasteiger partial charge < -0.3 is 16.0 Å². The second kappa shape index (κ2) is 7.46. The van der Waals surface area contributed by atoms with Crippen LogP contribution in [0.1, 0.15) is 45.1 Å². The van der Waals surface area contributed by atoms with Crippen LogP contribution in [-0.4, -0.2) is 24.5 Å². The molecular weight excluding hydrogens is 262 g/mol. The first-order chi connectivity index (χ1) is 10.0. The molecule has 2 unspecified atom stereocenters. The summed E-state index contributed by atoms with van der Waals surface area (Å²) in [6, 6.07) is 7.03. The minimum absolute atomic E-state index is 0.0377. The van der Waals surface area contributed by atoms with E-state index in [1.54, 1.807) is 0 Å². The molecule has 1 heterocycles. The van der Waals surface area contributed by atoms with Crippen molar-refractivity contribution in [3.05, 3.63) is 23.8 Å². The minimum Gasteiger partial charge on any atom is -0.382 e. The summed E-state index contributed by atoms with van der Waals surface area (Å²) in [5, 5.41) is 10.0. The Labute approximate surface area is 127 Å². The molecule has 1 fully saturated rings. The van der Waals surface area contributed by atoms with Crippen LogP contribution in [0.3, 0.4) is 0 Å². The van der Waals surface area contributed by atoms with Crippen molar-refractivity contribution < 1.29 is 4.79 Å². The highest BCUT2D eigenvalue weighted by Crippen LogP contribution is 2.22. The van der Waals surface area contributed by atoms with Gasteiger partial charge in [-0.05, 0) is 57.4 Å². The van der Waals surface area contributed by atoms with Crippen LogP contribution in [0.15, 0.2) is 18.2 Å². The van der Waals surface area contributed by atoms with E-state index in [0.29, 0.717) is 12.1 Å². The third kappa shape index (κ3) is 5.05. The number of carbonyl (C=O) groups excluding carboxylic acids is 1. The Kier molecular flexibility index (Phi) is 5.62. The lowest BCUT2D eigenvalue weighted by Crippen LogP contribution is -2.37. The number of hydrogen-bond donors (Lipinski definition) is 3. The van der Waals surface area contributed by atoms with E-state index in [9.17, 15) is 4.79 Å². The van der Waals surface area contributed by atoms with Gasteiger partial charge in [-0.15, -0.1) is 0 Å². The fourth-order valence-corrected chi connectivity index (χ4v) is 2.93. The lowest BCUT2D eigenvalue weighted by Gasteiger charge is -2.27. The molecule has 1 saturated heterocycles. The van der Waals surface area contributed by atoms with Crippen LogP contribution >= 0.6 is 0 Å². The third-order valence-corrected chi connectivity index (χ3v) is 4.01. The predicted molar refractivity (Wildman–Crippen MR) is 88.8 cm³/mol. The van der Waals surface area contributed by atoms with Gasteiger partial charge in [0.15, 0.2) is 0 Å². The zero-order chi connectivity index (χ0) is 15.2. The normalized spacial score (nSPS) is 19.9. The van der Waals surface area contributed by atoms with E-state index in [1.165, 1.54) is 31.7 Å². The SMILES string of the molecule is CC(=O)Nc1ccc(C)c(NC(C)CC2CCCCN2)c1. The molecule has 0 spiro atoms. The Morgan fingerprint density at radius 1 is 1.43 bits per heavy atom. The van der Waals surface area contributed by atoms with E-state index in [1.807, 2.05) is 18.2 Å². The van der Waals surface area contributed by atoms with E-state index in [4.69, 9.17) is 0 Å². The fourth-order valence-electron chi connectivity index (χ4n) is 2.93. The summed E-state index contributed by atoms with van der Waals surface area (Å²) in [5.41, 5.74) is 3.15. The number of carbonyl (C=O) groups is 1. The Bertz CT molecular complexity index is 481. The van der Waals surface area contributed by atoms with Crippen LogP contribution in [0.5, 0.6) is 0 Å². The molecule has 4 nitrogen and oxygen atoms in total. The highest BCUT2D eigenvalue weighted by atomic mass is 16.1. The summed E-state index contributed by atoms with van der Waals surface area (Å²) in [6.45, 7) is 6.99. The van der Waals surface area contributed by atoms with Gasteiger partial charge in [-0.25, -0.2) is 0 Å². The van der Waals surface area contributed by atoms with Crippen LogP contribution in [0.2, 0.25) is 0 Å². The topological polar surface area (TPSA) is 53.2 Å². The van der Waals surface area contributed by atoms with E-state index in [2.05, 4.69) is 29.8 Å². The lowest BCUT2D eigenvalue weighted by molar-refractivity contribution is -0.114. The van der Waals surface area contributed by atoms with Crippen molar-refractivity contribution in [3.63, 3.8) is 0 Å². The first kappa shape index (κ1) is 15.8. The number of hydrogen-bond acceptors (Lipinski definition) is 3. The number of nitrogens with one attached hydrogen (secondary N) is 3. The standard InChI is InChI=1S/C17H27N3O/c1-12-7-8-16(20-14(3)21)11-17(12)19-13(2)10-15-6-4-5-9-18-15/h7-8,11,13,15,18-19H,4-6,9-10H2,1-3H3,(H,20,21). The molecule has 0 bridgehead atoms. The molecule has 21 heavy (non-hydrogen) atoms. The molecule has 0 radical (unpaired) electrons. The molecule has 1 aromatic carbocycles. The van der Waals surface area contributed by atoms with Crippen molar-refractivity contribution in [3.8, 4) is 0 Å². The van der Waals surface area contributed by atoms with Crippen molar-refractivity contribution in [1.82, 2.24) is 5.32 Å². The number of rotatable bonds is 5. The monoisotopic (exact) mass is 289 g/mol. The average Bonchev–Trinajstić information content (AvgIpc) is 2.43. The summed E-state index contributed by atoms with van der Waals surface area (Å²) < 4.78 is 0. The van der Waals surface area contributed by atoms with Crippen molar-refractivity contribution in [2.24, 2.45) is 0 Å². The summed E-state index contributed by atoms with van der Waals surface area (Å²) in [7, 11) is 0. The minimum atomic E-state index is -0.0377. The molecule has 4 heteroatoms. The largest absolute Gasteiger partial charge is 0.382 e. The van der Waals surface area contributed by atoms with E-state index < -0.39 is 0 Å². The fraction of sp³-hybridized carbons (Fsp3) is 0.588. The Hall–Kier alpha value is -1.55. The van der Waals surface area contributed by atoms with Gasteiger partial charge in [-0.3, -0.25) is 4.79 Å². The molecule has 1 amide bonds. The van der Waals surface area contributed by atoms with Crippen LogP contribution < -0.4 is 16.0 Å². The maximum atomic E-state index is 11.2. The van der Waals surface area contributed by atoms with Gasteiger partial charge in [0.05, 0.1) is 0 Å². The third-order valence-electron chi connectivity index (χ3n) is 4.01. The number of amides is 1. The molecule has 1 aromatic rings. The summed E-state index contributed by atoms with van der Waals surface area (Å²) >= 11 is 0. The van der Waals surface area contributed by atoms with Crippen molar-refractivity contribution in [2.45, 2.75) is 58.5 Å². The highest BCUT2D eigenvalue weighted by molar-refractivity contribution is 5.89. The molecule has 0 saturated carbocycles. The zero-order valence-electron chi connectivity index (χ0n) is 13.3. The zero-order valence-corrected chi connectivity index (χ0v) is 13.3. The second-order valence-corrected chi connectivity index (χ2v) is 6.14. The first-order valence-corrected chi connectivity index (χ1v) is 7.93. The lowest BCUT2D eigenvalue weighted by atomic mass is 9.98. The Morgan fingerprint density at radius 2 is 2.24 bits per heavy atom. The molecular formula is C17H27N3O. The molecule has 2 rings (SSSR count). The van der Waals surface area contributed by atoms with Gasteiger partial charge in [0.2, 0.25) is 5.91 Å². The molecule has 1 aliphatic heterocycles.